The minimum Gasteiger partial charge on any atom is -0.534 e. The Morgan fingerprint density at radius 2 is 2.13 bits per heavy atom. The van der Waals surface area contributed by atoms with Gasteiger partial charge in [-0.15, -0.1) is 11.3 Å². The molecule has 2 aromatic rings. The van der Waals surface area contributed by atoms with Crippen molar-refractivity contribution in [2.45, 2.75) is 31.7 Å². The van der Waals surface area contributed by atoms with Gasteiger partial charge in [0.2, 0.25) is 0 Å². The van der Waals surface area contributed by atoms with Crippen molar-refractivity contribution in [1.29, 1.82) is 0 Å². The molecule has 5 N–H and O–H groups in total. The summed E-state index contributed by atoms with van der Waals surface area (Å²) in [6.07, 6.45) is 2.34. The number of aromatic nitrogens is 1. The highest BCUT2D eigenvalue weighted by atomic mass is 32.1. The van der Waals surface area contributed by atoms with Gasteiger partial charge >= 0.3 is 13.1 Å². The van der Waals surface area contributed by atoms with E-state index in [4.69, 9.17) is 19.8 Å². The van der Waals surface area contributed by atoms with Crippen LogP contribution in [0.1, 0.15) is 40.0 Å². The third kappa shape index (κ3) is 5.80. The molecule has 1 unspecified atom stereocenters. The SMILES string of the molecule is C=C(NC1Cc2ccc(C[N+]3(C)CCC(CO)CC3)c(C(=O)OC)c2OB1OC)/C(=N\O)c1csc(N)n1. The Labute approximate surface area is 226 Å². The average Bonchev–Trinajstić information content (AvgIpc) is 3.34. The van der Waals surface area contributed by atoms with Gasteiger partial charge in [0.25, 0.3) is 0 Å². The lowest BCUT2D eigenvalue weighted by Crippen LogP contribution is -2.53. The molecule has 2 aliphatic heterocycles. The number of hydrogen-bond acceptors (Lipinski definition) is 11. The van der Waals surface area contributed by atoms with Crippen LogP contribution in [-0.4, -0.2) is 85.5 Å². The lowest BCUT2D eigenvalue weighted by molar-refractivity contribution is -0.928. The molecule has 13 heteroatoms. The van der Waals surface area contributed by atoms with Crippen molar-refractivity contribution in [3.05, 3.63) is 52.2 Å². The van der Waals surface area contributed by atoms with E-state index in [0.29, 0.717) is 46.7 Å². The molecule has 0 bridgehead atoms. The van der Waals surface area contributed by atoms with Gasteiger partial charge in [0.1, 0.15) is 23.6 Å². The fourth-order valence-corrected chi connectivity index (χ4v) is 5.78. The van der Waals surface area contributed by atoms with Gasteiger partial charge in [0.15, 0.2) is 10.8 Å². The van der Waals surface area contributed by atoms with Crippen molar-refractivity contribution in [2.75, 3.05) is 46.7 Å². The fourth-order valence-electron chi connectivity index (χ4n) is 5.23. The number of quaternary nitrogens is 1. The lowest BCUT2D eigenvalue weighted by Gasteiger charge is -2.41. The Bertz CT molecular complexity index is 1210. The number of aliphatic hydroxyl groups is 1. The van der Waals surface area contributed by atoms with Gasteiger partial charge < -0.3 is 39.9 Å². The number of methoxy groups -OCH3 is 1. The lowest BCUT2D eigenvalue weighted by atomic mass is 9.71. The number of rotatable bonds is 9. The number of ether oxygens (including phenoxy) is 1. The number of aliphatic hydroxyl groups excluding tert-OH is 1. The number of thiazole rings is 1. The first-order valence-corrected chi connectivity index (χ1v) is 13.4. The van der Waals surface area contributed by atoms with E-state index in [9.17, 15) is 15.1 Å². The molecule has 1 atom stereocenters. The molecular weight excluding hydrogens is 509 g/mol. The summed E-state index contributed by atoms with van der Waals surface area (Å²) in [5.41, 5.74) is 8.68. The summed E-state index contributed by atoms with van der Waals surface area (Å²) in [5, 5.41) is 27.7. The van der Waals surface area contributed by atoms with E-state index in [0.717, 1.165) is 41.5 Å². The number of nitrogens with zero attached hydrogens (tertiary/aromatic N) is 3. The van der Waals surface area contributed by atoms with Crippen molar-refractivity contribution in [3.63, 3.8) is 0 Å². The fraction of sp³-hybridized carbons (Fsp3) is 0.480. The maximum atomic E-state index is 13.0. The Balaban J connectivity index is 1.59. The molecule has 1 aromatic carbocycles. The standard InChI is InChI=1S/C25H34BN5O6S/c1-15(22(30-34)19-14-38-25(27)29-19)28-20-11-17-5-6-18(12-31(2)9-7-16(13-32)8-10-31)21(24(33)35-3)23(17)37-26(20)36-4/h5-6,14,16,20,28,32H,1,7-13H2,2-4H3,(H2-,27,29,34)/p+1/b30-22+. The Hall–Kier alpha value is -3.13. The first kappa shape index (κ1) is 27.9. The molecule has 1 aromatic heterocycles. The molecule has 0 radical (unpaired) electrons. The number of carbonyl (C=O) groups is 1. The van der Waals surface area contributed by atoms with Gasteiger partial charge in [-0.05, 0) is 17.9 Å². The van der Waals surface area contributed by atoms with E-state index in [2.05, 4.69) is 29.1 Å². The summed E-state index contributed by atoms with van der Waals surface area (Å²) in [7, 11) is 4.30. The van der Waals surface area contributed by atoms with E-state index in [-0.39, 0.29) is 12.3 Å². The molecule has 0 amide bonds. The molecule has 0 spiro atoms. The number of allylic oxidation sites excluding steroid dienone is 1. The molecule has 3 heterocycles. The summed E-state index contributed by atoms with van der Waals surface area (Å²) in [5.74, 6) is -0.0783. The minimum absolute atomic E-state index is 0.158. The van der Waals surface area contributed by atoms with Gasteiger partial charge in [0, 0.05) is 37.5 Å². The maximum absolute atomic E-state index is 13.0. The largest absolute Gasteiger partial charge is 0.549 e. The summed E-state index contributed by atoms with van der Waals surface area (Å²) >= 11 is 1.23. The van der Waals surface area contributed by atoms with E-state index in [1.165, 1.54) is 25.6 Å². The number of esters is 1. The van der Waals surface area contributed by atoms with Crippen LogP contribution in [0.3, 0.4) is 0 Å². The van der Waals surface area contributed by atoms with Crippen LogP contribution < -0.4 is 15.7 Å². The smallest absolute Gasteiger partial charge is 0.534 e. The predicted octanol–water partition coefficient (Wildman–Crippen LogP) is 1.82. The first-order chi connectivity index (χ1) is 18.2. The van der Waals surface area contributed by atoms with Gasteiger partial charge in [-0.2, -0.15) is 0 Å². The van der Waals surface area contributed by atoms with Crippen molar-refractivity contribution in [1.82, 2.24) is 10.3 Å². The molecule has 11 nitrogen and oxygen atoms in total. The number of piperidine rings is 1. The highest BCUT2D eigenvalue weighted by Crippen LogP contribution is 2.36. The predicted molar refractivity (Wildman–Crippen MR) is 145 cm³/mol. The summed E-state index contributed by atoms with van der Waals surface area (Å²) in [6, 6.07) is 3.93. The van der Waals surface area contributed by atoms with E-state index in [1.807, 2.05) is 12.1 Å². The zero-order valence-corrected chi connectivity index (χ0v) is 22.8. The van der Waals surface area contributed by atoms with Crippen LogP contribution >= 0.6 is 11.3 Å². The number of anilines is 1. The third-order valence-electron chi connectivity index (χ3n) is 7.42. The number of nitrogens with two attached hydrogens (primary N) is 1. The normalized spacial score (nSPS) is 23.4. The molecular formula is C25H35BN5O6S+. The summed E-state index contributed by atoms with van der Waals surface area (Å²) in [6.45, 7) is 6.69. The second kappa shape index (κ2) is 11.7. The second-order valence-corrected chi connectivity index (χ2v) is 11.0. The molecule has 2 aliphatic rings. The Morgan fingerprint density at radius 1 is 1.39 bits per heavy atom. The number of likely N-dealkylation sites (tertiary alicyclic amines) is 1. The number of oxime groups is 1. The van der Waals surface area contributed by atoms with Crippen molar-refractivity contribution >= 4 is 35.3 Å². The molecule has 0 saturated carbocycles. The zero-order chi connectivity index (χ0) is 27.4. The van der Waals surface area contributed by atoms with Crippen LogP contribution in [0.4, 0.5) is 5.13 Å². The zero-order valence-electron chi connectivity index (χ0n) is 22.0. The molecule has 204 valence electrons. The van der Waals surface area contributed by atoms with Crippen molar-refractivity contribution in [2.24, 2.45) is 11.1 Å². The van der Waals surface area contributed by atoms with Gasteiger partial charge in [-0.25, -0.2) is 9.78 Å². The quantitative estimate of drug-likeness (QED) is 0.0927. The minimum atomic E-state index is -0.761. The van der Waals surface area contributed by atoms with E-state index < -0.39 is 19.0 Å². The van der Waals surface area contributed by atoms with Crippen molar-refractivity contribution < 1.29 is 33.6 Å². The average molecular weight is 544 g/mol. The van der Waals surface area contributed by atoms with Gasteiger partial charge in [-0.3, -0.25) is 0 Å². The van der Waals surface area contributed by atoms with Crippen LogP contribution in [0.15, 0.2) is 34.9 Å². The highest BCUT2D eigenvalue weighted by molar-refractivity contribution is 7.13. The maximum Gasteiger partial charge on any atom is 0.549 e. The van der Waals surface area contributed by atoms with Crippen LogP contribution in [0, 0.1) is 5.92 Å². The number of carbonyl (C=O) groups excluding carboxylic acids is 1. The Morgan fingerprint density at radius 3 is 2.71 bits per heavy atom. The van der Waals surface area contributed by atoms with E-state index >= 15 is 0 Å². The number of hydrogen-bond donors (Lipinski definition) is 4. The van der Waals surface area contributed by atoms with E-state index in [1.54, 1.807) is 5.38 Å². The third-order valence-corrected chi connectivity index (χ3v) is 8.10. The number of fused-ring (bicyclic) bond motifs is 1. The van der Waals surface area contributed by atoms with Crippen LogP contribution in [0.5, 0.6) is 5.75 Å². The molecule has 1 fully saturated rings. The number of benzene rings is 1. The van der Waals surface area contributed by atoms with Crippen LogP contribution in [0.2, 0.25) is 0 Å². The van der Waals surface area contributed by atoms with Crippen LogP contribution in [-0.2, 0) is 22.4 Å². The summed E-state index contributed by atoms with van der Waals surface area (Å²) < 4.78 is 17.8. The number of nitrogen functional groups attached to an aromatic ring is 1. The Kier molecular flexibility index (Phi) is 8.61. The van der Waals surface area contributed by atoms with Crippen LogP contribution in [0.25, 0.3) is 0 Å². The molecule has 1 saturated heterocycles. The first-order valence-electron chi connectivity index (χ1n) is 12.5. The molecule has 4 rings (SSSR count). The topological polar surface area (TPSA) is 149 Å². The second-order valence-electron chi connectivity index (χ2n) is 10.1. The van der Waals surface area contributed by atoms with Gasteiger partial charge in [-0.1, -0.05) is 23.9 Å². The highest BCUT2D eigenvalue weighted by Gasteiger charge is 2.41. The van der Waals surface area contributed by atoms with Gasteiger partial charge in [0.05, 0.1) is 38.9 Å². The number of nitrogens with one attached hydrogen (secondary N) is 1. The van der Waals surface area contributed by atoms with Crippen molar-refractivity contribution in [3.8, 4) is 5.75 Å². The monoisotopic (exact) mass is 544 g/mol. The molecule has 38 heavy (non-hydrogen) atoms. The molecule has 0 aliphatic carbocycles. The summed E-state index contributed by atoms with van der Waals surface area (Å²) in [4.78, 5) is 17.2.